The average molecular weight is 253 g/mol. The normalized spacial score (nSPS) is 10.2. The molecule has 5 heteroatoms. The highest BCUT2D eigenvalue weighted by Crippen LogP contribution is 2.17. The maximum absolute atomic E-state index is 13.5. The van der Waals surface area contributed by atoms with Crippen molar-refractivity contribution < 1.29 is 9.18 Å². The highest BCUT2D eigenvalue weighted by molar-refractivity contribution is 6.31. The van der Waals surface area contributed by atoms with Gasteiger partial charge in [0, 0.05) is 18.9 Å². The van der Waals surface area contributed by atoms with Gasteiger partial charge in [0.15, 0.2) is 5.82 Å². The van der Waals surface area contributed by atoms with Gasteiger partial charge in [0.05, 0.1) is 10.6 Å². The first-order chi connectivity index (χ1) is 8.18. The van der Waals surface area contributed by atoms with E-state index in [4.69, 9.17) is 11.6 Å². The Morgan fingerprint density at radius 2 is 2.24 bits per heavy atom. The van der Waals surface area contributed by atoms with E-state index in [1.54, 1.807) is 12.4 Å². The third-order valence-electron chi connectivity index (χ3n) is 2.31. The zero-order valence-electron chi connectivity index (χ0n) is 8.84. The molecule has 2 aromatic rings. The number of benzene rings is 1. The Balaban J connectivity index is 2.07. The molecular formula is C12H10ClFN2O. The van der Waals surface area contributed by atoms with Gasteiger partial charge in [-0.1, -0.05) is 17.7 Å². The SMILES string of the molecule is O=C(NCc1cc[nH]c1)c1cccc(Cl)c1F. The fourth-order valence-electron chi connectivity index (χ4n) is 1.43. The minimum atomic E-state index is -0.694. The van der Waals surface area contributed by atoms with Crippen molar-refractivity contribution in [2.75, 3.05) is 0 Å². The molecule has 0 saturated heterocycles. The number of halogens is 2. The highest BCUT2D eigenvalue weighted by Gasteiger charge is 2.13. The van der Waals surface area contributed by atoms with E-state index < -0.39 is 11.7 Å². The fraction of sp³-hybridized carbons (Fsp3) is 0.0833. The van der Waals surface area contributed by atoms with Crippen LogP contribution >= 0.6 is 11.6 Å². The second-order valence-electron chi connectivity index (χ2n) is 3.50. The summed E-state index contributed by atoms with van der Waals surface area (Å²) in [4.78, 5) is 14.6. The number of amides is 1. The summed E-state index contributed by atoms with van der Waals surface area (Å²) < 4.78 is 13.5. The molecule has 0 bridgehead atoms. The van der Waals surface area contributed by atoms with E-state index in [-0.39, 0.29) is 10.6 Å². The van der Waals surface area contributed by atoms with Crippen molar-refractivity contribution in [1.82, 2.24) is 10.3 Å². The zero-order chi connectivity index (χ0) is 12.3. The molecular weight excluding hydrogens is 243 g/mol. The van der Waals surface area contributed by atoms with Gasteiger partial charge < -0.3 is 10.3 Å². The first kappa shape index (κ1) is 11.7. The first-order valence-corrected chi connectivity index (χ1v) is 5.40. The van der Waals surface area contributed by atoms with Crippen LogP contribution in [0.25, 0.3) is 0 Å². The predicted octanol–water partition coefficient (Wildman–Crippen LogP) is 2.74. The number of hydrogen-bond acceptors (Lipinski definition) is 1. The second-order valence-corrected chi connectivity index (χ2v) is 3.91. The van der Waals surface area contributed by atoms with Gasteiger partial charge in [-0.2, -0.15) is 0 Å². The summed E-state index contributed by atoms with van der Waals surface area (Å²) in [6.45, 7) is 0.342. The lowest BCUT2D eigenvalue weighted by Gasteiger charge is -2.05. The Morgan fingerprint density at radius 3 is 2.94 bits per heavy atom. The first-order valence-electron chi connectivity index (χ1n) is 5.02. The van der Waals surface area contributed by atoms with Gasteiger partial charge in [-0.3, -0.25) is 4.79 Å². The Labute approximate surface area is 103 Å². The van der Waals surface area contributed by atoms with Crippen LogP contribution in [-0.2, 0) is 6.54 Å². The summed E-state index contributed by atoms with van der Waals surface area (Å²) in [6, 6.07) is 6.17. The second kappa shape index (κ2) is 5.01. The van der Waals surface area contributed by atoms with Crippen LogP contribution in [0.4, 0.5) is 4.39 Å². The van der Waals surface area contributed by atoms with E-state index in [0.29, 0.717) is 6.54 Å². The third kappa shape index (κ3) is 2.65. The highest BCUT2D eigenvalue weighted by atomic mass is 35.5. The number of carbonyl (C=O) groups excluding carboxylic acids is 1. The molecule has 0 aliphatic rings. The lowest BCUT2D eigenvalue weighted by Crippen LogP contribution is -2.23. The molecule has 0 saturated carbocycles. The summed E-state index contributed by atoms with van der Waals surface area (Å²) in [5.74, 6) is -1.17. The van der Waals surface area contributed by atoms with Crippen LogP contribution < -0.4 is 5.32 Å². The minimum Gasteiger partial charge on any atom is -0.367 e. The van der Waals surface area contributed by atoms with Crippen molar-refractivity contribution in [2.24, 2.45) is 0 Å². The van der Waals surface area contributed by atoms with Crippen LogP contribution in [0.3, 0.4) is 0 Å². The van der Waals surface area contributed by atoms with Crippen LogP contribution in [-0.4, -0.2) is 10.9 Å². The number of carbonyl (C=O) groups is 1. The lowest BCUT2D eigenvalue weighted by atomic mass is 10.2. The Morgan fingerprint density at radius 1 is 1.41 bits per heavy atom. The van der Waals surface area contributed by atoms with Crippen LogP contribution in [0.1, 0.15) is 15.9 Å². The Bertz CT molecular complexity index is 525. The molecule has 3 nitrogen and oxygen atoms in total. The van der Waals surface area contributed by atoms with Gasteiger partial charge in [-0.05, 0) is 23.8 Å². The minimum absolute atomic E-state index is 0.0481. The maximum Gasteiger partial charge on any atom is 0.254 e. The van der Waals surface area contributed by atoms with E-state index in [9.17, 15) is 9.18 Å². The Kier molecular flexibility index (Phi) is 3.44. The zero-order valence-corrected chi connectivity index (χ0v) is 9.59. The fourth-order valence-corrected chi connectivity index (χ4v) is 1.60. The van der Waals surface area contributed by atoms with Crippen LogP contribution in [0, 0.1) is 5.82 Å². The summed E-state index contributed by atoms with van der Waals surface area (Å²) in [5, 5.41) is 2.56. The van der Waals surface area contributed by atoms with E-state index in [1.807, 2.05) is 6.07 Å². The molecule has 1 amide bonds. The molecule has 1 heterocycles. The van der Waals surface area contributed by atoms with Crippen molar-refractivity contribution in [2.45, 2.75) is 6.54 Å². The number of rotatable bonds is 3. The molecule has 0 unspecified atom stereocenters. The number of aromatic amines is 1. The van der Waals surface area contributed by atoms with Gasteiger partial charge >= 0.3 is 0 Å². The van der Waals surface area contributed by atoms with Crippen molar-refractivity contribution in [3.8, 4) is 0 Å². The molecule has 1 aromatic carbocycles. The standard InChI is InChI=1S/C12H10ClFN2O/c13-10-3-1-2-9(11(10)14)12(17)16-7-8-4-5-15-6-8/h1-6,15H,7H2,(H,16,17). The smallest absolute Gasteiger partial charge is 0.254 e. The summed E-state index contributed by atoms with van der Waals surface area (Å²) in [7, 11) is 0. The van der Waals surface area contributed by atoms with E-state index in [2.05, 4.69) is 10.3 Å². The lowest BCUT2D eigenvalue weighted by molar-refractivity contribution is 0.0947. The monoisotopic (exact) mass is 252 g/mol. The van der Waals surface area contributed by atoms with Gasteiger partial charge in [0.25, 0.3) is 5.91 Å². The van der Waals surface area contributed by atoms with Gasteiger partial charge in [0.2, 0.25) is 0 Å². The van der Waals surface area contributed by atoms with Crippen molar-refractivity contribution >= 4 is 17.5 Å². The molecule has 2 N–H and O–H groups in total. The maximum atomic E-state index is 13.5. The molecule has 17 heavy (non-hydrogen) atoms. The molecule has 0 aliphatic carbocycles. The van der Waals surface area contributed by atoms with Crippen molar-refractivity contribution in [3.05, 3.63) is 58.6 Å². The number of nitrogens with one attached hydrogen (secondary N) is 2. The van der Waals surface area contributed by atoms with E-state index in [0.717, 1.165) is 5.56 Å². The molecule has 0 fully saturated rings. The van der Waals surface area contributed by atoms with E-state index in [1.165, 1.54) is 18.2 Å². The van der Waals surface area contributed by atoms with Gasteiger partial charge in [-0.25, -0.2) is 4.39 Å². The average Bonchev–Trinajstić information content (AvgIpc) is 2.82. The van der Waals surface area contributed by atoms with Gasteiger partial charge in [0.1, 0.15) is 0 Å². The van der Waals surface area contributed by atoms with Crippen molar-refractivity contribution in [1.29, 1.82) is 0 Å². The van der Waals surface area contributed by atoms with Crippen LogP contribution in [0.15, 0.2) is 36.7 Å². The molecule has 0 atom stereocenters. The van der Waals surface area contributed by atoms with E-state index >= 15 is 0 Å². The molecule has 0 radical (unpaired) electrons. The molecule has 2 rings (SSSR count). The van der Waals surface area contributed by atoms with Gasteiger partial charge in [-0.15, -0.1) is 0 Å². The van der Waals surface area contributed by atoms with Crippen LogP contribution in [0.5, 0.6) is 0 Å². The molecule has 88 valence electrons. The summed E-state index contributed by atoms with van der Waals surface area (Å²) >= 11 is 5.60. The Hall–Kier alpha value is -1.81. The number of aromatic nitrogens is 1. The van der Waals surface area contributed by atoms with Crippen molar-refractivity contribution in [3.63, 3.8) is 0 Å². The molecule has 0 aliphatic heterocycles. The topological polar surface area (TPSA) is 44.9 Å². The largest absolute Gasteiger partial charge is 0.367 e. The van der Waals surface area contributed by atoms with Crippen LogP contribution in [0.2, 0.25) is 5.02 Å². The molecule has 0 spiro atoms. The summed E-state index contributed by atoms with van der Waals surface area (Å²) in [6.07, 6.45) is 3.51. The number of H-pyrrole nitrogens is 1. The quantitative estimate of drug-likeness (QED) is 0.867. The third-order valence-corrected chi connectivity index (χ3v) is 2.60. The molecule has 1 aromatic heterocycles. The summed E-state index contributed by atoms with van der Waals surface area (Å²) in [5.41, 5.74) is 0.869. The predicted molar refractivity (Wildman–Crippen MR) is 63.4 cm³/mol. The number of hydrogen-bond donors (Lipinski definition) is 2.